The van der Waals surface area contributed by atoms with Crippen LogP contribution in [0.4, 0.5) is 5.69 Å². The van der Waals surface area contributed by atoms with Crippen molar-refractivity contribution in [2.75, 3.05) is 25.6 Å². The largest absolute Gasteiger partial charge is 0.497 e. The van der Waals surface area contributed by atoms with Gasteiger partial charge in [0.05, 0.1) is 7.11 Å². The maximum Gasteiger partial charge on any atom is 0.238 e. The van der Waals surface area contributed by atoms with E-state index in [0.717, 1.165) is 0 Å². The molecule has 0 radical (unpaired) electrons. The van der Waals surface area contributed by atoms with Gasteiger partial charge in [-0.2, -0.15) is 0 Å². The van der Waals surface area contributed by atoms with Gasteiger partial charge in [0.1, 0.15) is 11.2 Å². The van der Waals surface area contributed by atoms with E-state index >= 15 is 0 Å². The van der Waals surface area contributed by atoms with Crippen molar-refractivity contribution in [2.24, 2.45) is 16.3 Å². The number of oxime groups is 1. The van der Waals surface area contributed by atoms with Crippen molar-refractivity contribution in [1.82, 2.24) is 0 Å². The first-order chi connectivity index (χ1) is 10.1. The summed E-state index contributed by atoms with van der Waals surface area (Å²) >= 11 is 0. The van der Waals surface area contributed by atoms with Crippen molar-refractivity contribution in [3.8, 4) is 5.75 Å². The molecule has 1 aromatic carbocycles. The van der Waals surface area contributed by atoms with Crippen molar-refractivity contribution in [1.29, 1.82) is 0 Å². The Bertz CT molecular complexity index is 522. The molecule has 0 aromatic heterocycles. The van der Waals surface area contributed by atoms with Gasteiger partial charge in [0, 0.05) is 18.9 Å². The second kappa shape index (κ2) is 6.45. The zero-order valence-corrected chi connectivity index (χ0v) is 11.8. The molecule has 1 aliphatic rings. The molecule has 114 valence electrons. The quantitative estimate of drug-likeness (QED) is 0.334. The standard InChI is InChI=1S/C14H19N3O4/c1-20-11-4-2-10(3-5-11)16-13(18)14(12(15)17-19)6-8-21-9-7-14/h2-5,19H,6-9H2,1H3,(H2,15,17)(H,16,18). The lowest BCUT2D eigenvalue weighted by atomic mass is 9.78. The Kier molecular flexibility index (Phi) is 4.64. The van der Waals surface area contributed by atoms with Gasteiger partial charge in [0.25, 0.3) is 0 Å². The second-order valence-corrected chi connectivity index (χ2v) is 4.86. The number of carbonyl (C=O) groups excluding carboxylic acids is 1. The molecule has 0 unspecified atom stereocenters. The van der Waals surface area contributed by atoms with E-state index in [-0.39, 0.29) is 11.7 Å². The average Bonchev–Trinajstić information content (AvgIpc) is 2.55. The molecule has 0 aliphatic carbocycles. The molecule has 0 atom stereocenters. The number of ether oxygens (including phenoxy) is 2. The number of methoxy groups -OCH3 is 1. The molecular formula is C14H19N3O4. The van der Waals surface area contributed by atoms with E-state index in [1.54, 1.807) is 31.4 Å². The van der Waals surface area contributed by atoms with Gasteiger partial charge in [-0.1, -0.05) is 5.16 Å². The topological polar surface area (TPSA) is 106 Å². The average molecular weight is 293 g/mol. The van der Waals surface area contributed by atoms with Gasteiger partial charge in [-0.25, -0.2) is 0 Å². The summed E-state index contributed by atoms with van der Waals surface area (Å²) < 4.78 is 10.3. The van der Waals surface area contributed by atoms with Crippen molar-refractivity contribution in [2.45, 2.75) is 12.8 Å². The lowest BCUT2D eigenvalue weighted by Crippen LogP contribution is -2.50. The third-order valence-electron chi connectivity index (χ3n) is 3.73. The first-order valence-electron chi connectivity index (χ1n) is 6.63. The first-order valence-corrected chi connectivity index (χ1v) is 6.63. The second-order valence-electron chi connectivity index (χ2n) is 4.86. The van der Waals surface area contributed by atoms with Gasteiger partial charge in [-0.3, -0.25) is 4.79 Å². The molecule has 1 amide bonds. The summed E-state index contributed by atoms with van der Waals surface area (Å²) in [5.41, 5.74) is 5.33. The number of amidine groups is 1. The van der Waals surface area contributed by atoms with Gasteiger partial charge in [0.15, 0.2) is 5.84 Å². The highest BCUT2D eigenvalue weighted by Gasteiger charge is 2.44. The molecule has 4 N–H and O–H groups in total. The fraction of sp³-hybridized carbons (Fsp3) is 0.429. The van der Waals surface area contributed by atoms with Gasteiger partial charge in [-0.05, 0) is 37.1 Å². The summed E-state index contributed by atoms with van der Waals surface area (Å²) in [5.74, 6) is 0.313. The molecule has 1 saturated heterocycles. The van der Waals surface area contributed by atoms with Crippen molar-refractivity contribution >= 4 is 17.4 Å². The van der Waals surface area contributed by atoms with E-state index in [2.05, 4.69) is 10.5 Å². The van der Waals surface area contributed by atoms with E-state index in [1.165, 1.54) is 0 Å². The van der Waals surface area contributed by atoms with Crippen LogP contribution in [0, 0.1) is 5.41 Å². The van der Waals surface area contributed by atoms with E-state index < -0.39 is 5.41 Å². The van der Waals surface area contributed by atoms with Crippen LogP contribution in [0.15, 0.2) is 29.4 Å². The summed E-state index contributed by atoms with van der Waals surface area (Å²) in [7, 11) is 1.57. The van der Waals surface area contributed by atoms with E-state index in [9.17, 15) is 4.79 Å². The minimum Gasteiger partial charge on any atom is -0.497 e. The molecule has 1 fully saturated rings. The minimum absolute atomic E-state index is 0.0863. The van der Waals surface area contributed by atoms with Crippen LogP contribution < -0.4 is 15.8 Å². The van der Waals surface area contributed by atoms with Crippen molar-refractivity contribution < 1.29 is 19.5 Å². The fourth-order valence-electron chi connectivity index (χ4n) is 2.34. The zero-order valence-electron chi connectivity index (χ0n) is 11.8. The highest BCUT2D eigenvalue weighted by Crippen LogP contribution is 2.32. The highest BCUT2D eigenvalue weighted by molar-refractivity contribution is 6.11. The number of nitrogens with one attached hydrogen (secondary N) is 1. The van der Waals surface area contributed by atoms with Crippen molar-refractivity contribution in [3.05, 3.63) is 24.3 Å². The molecule has 7 heteroatoms. The molecular weight excluding hydrogens is 274 g/mol. The number of nitrogens with zero attached hydrogens (tertiary/aromatic N) is 1. The van der Waals surface area contributed by atoms with Crippen LogP contribution in [0.25, 0.3) is 0 Å². The Labute approximate surface area is 122 Å². The molecule has 0 saturated carbocycles. The number of benzene rings is 1. The number of hydrogen-bond acceptors (Lipinski definition) is 5. The van der Waals surface area contributed by atoms with Crippen LogP contribution in [0.1, 0.15) is 12.8 Å². The Hall–Kier alpha value is -2.28. The molecule has 7 nitrogen and oxygen atoms in total. The number of rotatable bonds is 4. The molecule has 2 rings (SSSR count). The van der Waals surface area contributed by atoms with E-state index in [4.69, 9.17) is 20.4 Å². The first kappa shape index (κ1) is 15.1. The maximum absolute atomic E-state index is 12.6. The fourth-order valence-corrected chi connectivity index (χ4v) is 2.34. The van der Waals surface area contributed by atoms with Crippen LogP contribution in [-0.4, -0.2) is 37.3 Å². The number of carbonyl (C=O) groups is 1. The third-order valence-corrected chi connectivity index (χ3v) is 3.73. The van der Waals surface area contributed by atoms with Crippen molar-refractivity contribution in [3.63, 3.8) is 0 Å². The number of nitrogens with two attached hydrogens (primary N) is 1. The zero-order chi connectivity index (χ0) is 15.3. The minimum atomic E-state index is -1.03. The SMILES string of the molecule is COc1ccc(NC(=O)C2(C(N)=NO)CCOCC2)cc1. The molecule has 1 aromatic rings. The lowest BCUT2D eigenvalue weighted by molar-refractivity contribution is -0.126. The third kappa shape index (κ3) is 3.08. The Balaban J connectivity index is 2.18. The van der Waals surface area contributed by atoms with Gasteiger partial charge in [-0.15, -0.1) is 0 Å². The van der Waals surface area contributed by atoms with Gasteiger partial charge < -0.3 is 25.7 Å². The summed E-state index contributed by atoms with van der Waals surface area (Å²) in [4.78, 5) is 12.6. The molecule has 1 heterocycles. The van der Waals surface area contributed by atoms with Crippen LogP contribution in [0.5, 0.6) is 5.75 Å². The summed E-state index contributed by atoms with van der Waals surface area (Å²) in [6, 6.07) is 6.96. The van der Waals surface area contributed by atoms with Gasteiger partial charge >= 0.3 is 0 Å². The maximum atomic E-state index is 12.6. The lowest BCUT2D eigenvalue weighted by Gasteiger charge is -2.34. The summed E-state index contributed by atoms with van der Waals surface area (Å²) in [6.45, 7) is 0.790. The Morgan fingerprint density at radius 2 is 2.00 bits per heavy atom. The predicted octanol–water partition coefficient (Wildman–Crippen LogP) is 1.18. The smallest absolute Gasteiger partial charge is 0.238 e. The molecule has 0 bridgehead atoms. The van der Waals surface area contributed by atoms with Crippen LogP contribution >= 0.6 is 0 Å². The molecule has 0 spiro atoms. The van der Waals surface area contributed by atoms with Crippen LogP contribution in [0.2, 0.25) is 0 Å². The number of hydrogen-bond donors (Lipinski definition) is 3. The van der Waals surface area contributed by atoms with E-state index in [0.29, 0.717) is 37.5 Å². The van der Waals surface area contributed by atoms with Gasteiger partial charge in [0.2, 0.25) is 5.91 Å². The number of amides is 1. The number of anilines is 1. The Morgan fingerprint density at radius 1 is 1.38 bits per heavy atom. The monoisotopic (exact) mass is 293 g/mol. The molecule has 1 aliphatic heterocycles. The molecule has 21 heavy (non-hydrogen) atoms. The summed E-state index contributed by atoms with van der Waals surface area (Å²) in [6.07, 6.45) is 0.760. The van der Waals surface area contributed by atoms with Crippen LogP contribution in [0.3, 0.4) is 0 Å². The van der Waals surface area contributed by atoms with E-state index in [1.807, 2.05) is 0 Å². The Morgan fingerprint density at radius 3 is 2.52 bits per heavy atom. The summed E-state index contributed by atoms with van der Waals surface area (Å²) in [5, 5.41) is 14.8. The predicted molar refractivity (Wildman–Crippen MR) is 77.5 cm³/mol. The van der Waals surface area contributed by atoms with Crippen LogP contribution in [-0.2, 0) is 9.53 Å². The normalized spacial score (nSPS) is 18.0. The highest BCUT2D eigenvalue weighted by atomic mass is 16.5.